The summed E-state index contributed by atoms with van der Waals surface area (Å²) in [6.45, 7) is 2.18. The van der Waals surface area contributed by atoms with Gasteiger partial charge in [0.1, 0.15) is 10.7 Å². The standard InChI is InChI=1S/C11H14F2N2O3S/c1-2-3-4-15-11(16)8-5-7(12)6-9(10(8)13)19(14,17)18/h5-6H,2-4H2,1H3,(H,15,16)(H2,14,17,18). The molecule has 0 aliphatic carbocycles. The molecule has 0 aliphatic heterocycles. The van der Waals surface area contributed by atoms with Crippen LogP contribution in [-0.2, 0) is 10.0 Å². The van der Waals surface area contributed by atoms with Gasteiger partial charge in [-0.05, 0) is 18.6 Å². The average Bonchev–Trinajstić information content (AvgIpc) is 2.30. The van der Waals surface area contributed by atoms with E-state index >= 15 is 0 Å². The molecule has 5 nitrogen and oxygen atoms in total. The second-order valence-corrected chi connectivity index (χ2v) is 5.45. The summed E-state index contributed by atoms with van der Waals surface area (Å²) < 4.78 is 49.2. The van der Waals surface area contributed by atoms with Crippen molar-refractivity contribution in [1.82, 2.24) is 5.32 Å². The molecule has 8 heteroatoms. The Morgan fingerprint density at radius 3 is 2.53 bits per heavy atom. The van der Waals surface area contributed by atoms with Crippen molar-refractivity contribution in [2.75, 3.05) is 6.54 Å². The number of halogens is 2. The van der Waals surface area contributed by atoms with Crippen molar-refractivity contribution >= 4 is 15.9 Å². The molecule has 0 atom stereocenters. The number of primary sulfonamides is 1. The molecule has 0 saturated heterocycles. The highest BCUT2D eigenvalue weighted by Crippen LogP contribution is 2.19. The van der Waals surface area contributed by atoms with Crippen molar-refractivity contribution in [2.24, 2.45) is 5.14 Å². The van der Waals surface area contributed by atoms with Crippen LogP contribution in [0.1, 0.15) is 30.1 Å². The fraction of sp³-hybridized carbons (Fsp3) is 0.364. The van der Waals surface area contributed by atoms with Crippen LogP contribution >= 0.6 is 0 Å². The van der Waals surface area contributed by atoms with Crippen LogP contribution in [-0.4, -0.2) is 20.9 Å². The molecule has 0 unspecified atom stereocenters. The van der Waals surface area contributed by atoms with Gasteiger partial charge < -0.3 is 5.32 Å². The van der Waals surface area contributed by atoms with Crippen molar-refractivity contribution in [3.8, 4) is 0 Å². The van der Waals surface area contributed by atoms with Crippen molar-refractivity contribution in [3.05, 3.63) is 29.3 Å². The number of nitrogens with one attached hydrogen (secondary N) is 1. The molecule has 0 heterocycles. The van der Waals surface area contributed by atoms with Crippen LogP contribution in [0, 0.1) is 11.6 Å². The van der Waals surface area contributed by atoms with Crippen LogP contribution in [0.5, 0.6) is 0 Å². The first-order chi connectivity index (χ1) is 8.77. The Hall–Kier alpha value is -1.54. The van der Waals surface area contributed by atoms with Crippen molar-refractivity contribution in [3.63, 3.8) is 0 Å². The molecule has 19 heavy (non-hydrogen) atoms. The SMILES string of the molecule is CCCCNC(=O)c1cc(F)cc(S(N)(=O)=O)c1F. The third-order valence-electron chi connectivity index (χ3n) is 2.37. The maximum Gasteiger partial charge on any atom is 0.254 e. The largest absolute Gasteiger partial charge is 0.352 e. The molecular formula is C11H14F2N2O3S. The molecule has 0 bridgehead atoms. The van der Waals surface area contributed by atoms with E-state index in [2.05, 4.69) is 5.32 Å². The molecule has 1 rings (SSSR count). The molecular weight excluding hydrogens is 278 g/mol. The van der Waals surface area contributed by atoms with Gasteiger partial charge in [0.2, 0.25) is 10.0 Å². The van der Waals surface area contributed by atoms with Gasteiger partial charge in [-0.2, -0.15) is 0 Å². The number of nitrogens with two attached hydrogens (primary N) is 1. The van der Waals surface area contributed by atoms with E-state index in [4.69, 9.17) is 5.14 Å². The highest BCUT2D eigenvalue weighted by Gasteiger charge is 2.23. The summed E-state index contributed by atoms with van der Waals surface area (Å²) in [5.74, 6) is -3.28. The molecule has 0 aromatic heterocycles. The molecule has 1 aromatic rings. The van der Waals surface area contributed by atoms with E-state index in [-0.39, 0.29) is 6.54 Å². The second-order valence-electron chi connectivity index (χ2n) is 3.92. The molecule has 0 aliphatic rings. The van der Waals surface area contributed by atoms with E-state index in [0.717, 1.165) is 6.42 Å². The van der Waals surface area contributed by atoms with Crippen LogP contribution in [0.4, 0.5) is 8.78 Å². The number of amides is 1. The predicted octanol–water partition coefficient (Wildman–Crippen LogP) is 1.14. The highest BCUT2D eigenvalue weighted by molar-refractivity contribution is 7.89. The molecule has 0 radical (unpaired) electrons. The Morgan fingerprint density at radius 2 is 2.00 bits per heavy atom. The number of unbranched alkanes of at least 4 members (excludes halogenated alkanes) is 1. The lowest BCUT2D eigenvalue weighted by atomic mass is 10.2. The van der Waals surface area contributed by atoms with Gasteiger partial charge in [0.15, 0.2) is 5.82 Å². The Balaban J connectivity index is 3.15. The molecule has 0 fully saturated rings. The maximum absolute atomic E-state index is 13.8. The Labute approximate surface area is 109 Å². The molecule has 1 aromatic carbocycles. The number of hydrogen-bond donors (Lipinski definition) is 2. The van der Waals surface area contributed by atoms with Gasteiger partial charge >= 0.3 is 0 Å². The first-order valence-corrected chi connectivity index (χ1v) is 7.12. The molecule has 0 saturated carbocycles. The number of carbonyl (C=O) groups is 1. The topological polar surface area (TPSA) is 89.3 Å². The summed E-state index contributed by atoms with van der Waals surface area (Å²) in [6.07, 6.45) is 1.49. The zero-order valence-electron chi connectivity index (χ0n) is 10.2. The minimum atomic E-state index is -4.43. The number of benzene rings is 1. The monoisotopic (exact) mass is 292 g/mol. The molecule has 1 amide bonds. The first-order valence-electron chi connectivity index (χ1n) is 5.57. The van der Waals surface area contributed by atoms with Gasteiger partial charge in [-0.3, -0.25) is 4.79 Å². The van der Waals surface area contributed by atoms with Crippen molar-refractivity contribution in [2.45, 2.75) is 24.7 Å². The summed E-state index contributed by atoms with van der Waals surface area (Å²) >= 11 is 0. The fourth-order valence-corrected chi connectivity index (χ4v) is 2.05. The first kappa shape index (κ1) is 15.5. The van der Waals surface area contributed by atoms with E-state index in [1.807, 2.05) is 6.92 Å². The lowest BCUT2D eigenvalue weighted by Gasteiger charge is -2.08. The van der Waals surface area contributed by atoms with Gasteiger partial charge in [-0.15, -0.1) is 0 Å². The lowest BCUT2D eigenvalue weighted by molar-refractivity contribution is 0.0948. The van der Waals surface area contributed by atoms with Crippen LogP contribution in [0.15, 0.2) is 17.0 Å². The van der Waals surface area contributed by atoms with E-state index in [1.54, 1.807) is 0 Å². The molecule has 0 spiro atoms. The Kier molecular flexibility index (Phi) is 4.96. The number of carbonyl (C=O) groups excluding carboxylic acids is 1. The minimum absolute atomic E-state index is 0.288. The summed E-state index contributed by atoms with van der Waals surface area (Å²) in [4.78, 5) is 10.6. The average molecular weight is 292 g/mol. The normalized spacial score (nSPS) is 11.4. The summed E-state index contributed by atoms with van der Waals surface area (Å²) in [5, 5.41) is 7.12. The third kappa shape index (κ3) is 3.97. The van der Waals surface area contributed by atoms with Gasteiger partial charge in [0, 0.05) is 6.54 Å². The fourth-order valence-electron chi connectivity index (χ4n) is 1.41. The van der Waals surface area contributed by atoms with E-state index < -0.39 is 38.0 Å². The second kappa shape index (κ2) is 6.07. The van der Waals surface area contributed by atoms with Gasteiger partial charge in [-0.25, -0.2) is 22.3 Å². The summed E-state index contributed by atoms with van der Waals surface area (Å²) in [7, 11) is -4.43. The van der Waals surface area contributed by atoms with Crippen molar-refractivity contribution < 1.29 is 22.0 Å². The van der Waals surface area contributed by atoms with E-state index in [0.29, 0.717) is 18.6 Å². The smallest absolute Gasteiger partial charge is 0.254 e. The highest BCUT2D eigenvalue weighted by atomic mass is 32.2. The summed E-state index contributed by atoms with van der Waals surface area (Å²) in [5.41, 5.74) is -0.680. The zero-order valence-corrected chi connectivity index (χ0v) is 11.1. The zero-order chi connectivity index (χ0) is 14.6. The van der Waals surface area contributed by atoms with Crippen LogP contribution in [0.2, 0.25) is 0 Å². The van der Waals surface area contributed by atoms with Gasteiger partial charge in [-0.1, -0.05) is 13.3 Å². The Bertz CT molecular complexity index is 588. The lowest BCUT2D eigenvalue weighted by Crippen LogP contribution is -2.26. The van der Waals surface area contributed by atoms with E-state index in [1.165, 1.54) is 0 Å². The number of sulfonamides is 1. The maximum atomic E-state index is 13.8. The van der Waals surface area contributed by atoms with Crippen LogP contribution in [0.25, 0.3) is 0 Å². The van der Waals surface area contributed by atoms with Crippen LogP contribution in [0.3, 0.4) is 0 Å². The van der Waals surface area contributed by atoms with Crippen molar-refractivity contribution in [1.29, 1.82) is 0 Å². The predicted molar refractivity (Wildman–Crippen MR) is 65.0 cm³/mol. The molecule has 106 valence electrons. The molecule has 3 N–H and O–H groups in total. The van der Waals surface area contributed by atoms with Gasteiger partial charge in [0.05, 0.1) is 5.56 Å². The quantitative estimate of drug-likeness (QED) is 0.798. The Morgan fingerprint density at radius 1 is 1.37 bits per heavy atom. The van der Waals surface area contributed by atoms with E-state index in [9.17, 15) is 22.0 Å². The minimum Gasteiger partial charge on any atom is -0.352 e. The van der Waals surface area contributed by atoms with Crippen LogP contribution < -0.4 is 10.5 Å². The number of hydrogen-bond acceptors (Lipinski definition) is 3. The summed E-state index contributed by atoms with van der Waals surface area (Å²) in [6, 6.07) is 1.07. The van der Waals surface area contributed by atoms with Gasteiger partial charge in [0.25, 0.3) is 5.91 Å². The third-order valence-corrected chi connectivity index (χ3v) is 3.28. The number of rotatable bonds is 5.